The van der Waals surface area contributed by atoms with E-state index >= 15 is 0 Å². The Balaban J connectivity index is 1.28. The van der Waals surface area contributed by atoms with E-state index in [2.05, 4.69) is 79.4 Å². The number of hydrogen-bond donors (Lipinski definition) is 3. The van der Waals surface area contributed by atoms with Crippen molar-refractivity contribution in [3.05, 3.63) is 35.5 Å². The standard InChI is InChI=1S/C44H70FNO3/c1-10-43(49,11-2)26-27-46-44-23-16-31(29(3)4)36(44)33-12-13-35-39(7)19-17-32(30-14-21-42(28-45,22-15-30)37(47)48)38(5,6)34(39)18-20-41(35,9)40(33,8)24-25-44/h14,17,31,33-36,46,49H,3,10-13,15-16,18-28H2,1-2,4-9H3,(H,47,48)/t31-,33+,34-,35?,36+,39-,40+,41+,42-,44-/m0/s1. The monoisotopic (exact) mass is 680 g/mol. The minimum atomic E-state index is -1.25. The van der Waals surface area contributed by atoms with Gasteiger partial charge in [0, 0.05) is 5.54 Å². The molecule has 276 valence electrons. The van der Waals surface area contributed by atoms with Crippen molar-refractivity contribution in [3.63, 3.8) is 0 Å². The molecule has 10 atom stereocenters. The zero-order valence-electron chi connectivity index (χ0n) is 32.5. The number of carboxylic acid groups (broad SMARTS) is 1. The third-order valence-electron chi connectivity index (χ3n) is 17.7. The van der Waals surface area contributed by atoms with E-state index in [0.717, 1.165) is 32.2 Å². The predicted octanol–water partition coefficient (Wildman–Crippen LogP) is 10.6. The molecule has 3 N–H and O–H groups in total. The van der Waals surface area contributed by atoms with Crippen molar-refractivity contribution in [3.8, 4) is 0 Å². The SMILES string of the molecule is C=C(C)[C@@H]1CC[C@]2(NCCC(O)(CC)CC)CC[C@]3(C)[C@H](CCC4[C@@]5(C)CC=C(C6=CC[C@](CF)(C(=O)O)CC6)C(C)(C)[C@@H]5CC[C@]43C)[C@@H]12. The van der Waals surface area contributed by atoms with Gasteiger partial charge in [0.15, 0.2) is 0 Å². The molecule has 0 bridgehead atoms. The van der Waals surface area contributed by atoms with Crippen LogP contribution in [0.4, 0.5) is 4.39 Å². The van der Waals surface area contributed by atoms with E-state index in [0.29, 0.717) is 48.9 Å². The highest BCUT2D eigenvalue weighted by atomic mass is 19.1. The topological polar surface area (TPSA) is 69.6 Å². The molecular formula is C44H70FNO3. The van der Waals surface area contributed by atoms with Gasteiger partial charge in [0.2, 0.25) is 0 Å². The third kappa shape index (κ3) is 5.42. The highest BCUT2D eigenvalue weighted by Crippen LogP contribution is 2.76. The van der Waals surface area contributed by atoms with Crippen LogP contribution in [0.1, 0.15) is 152 Å². The van der Waals surface area contributed by atoms with E-state index in [9.17, 15) is 19.4 Å². The second-order valence-electron chi connectivity index (χ2n) is 19.6. The maximum absolute atomic E-state index is 14.0. The number of halogens is 1. The Hall–Kier alpha value is -1.46. The van der Waals surface area contributed by atoms with Gasteiger partial charge in [-0.3, -0.25) is 4.79 Å². The summed E-state index contributed by atoms with van der Waals surface area (Å²) >= 11 is 0. The molecular weight excluding hydrogens is 609 g/mol. The molecule has 5 heteroatoms. The van der Waals surface area contributed by atoms with Crippen LogP contribution < -0.4 is 5.32 Å². The van der Waals surface area contributed by atoms with Crippen LogP contribution in [0, 0.1) is 56.7 Å². The molecule has 1 unspecified atom stereocenters. The zero-order chi connectivity index (χ0) is 35.8. The van der Waals surface area contributed by atoms with Crippen LogP contribution in [-0.4, -0.2) is 40.5 Å². The van der Waals surface area contributed by atoms with Crippen molar-refractivity contribution in [1.82, 2.24) is 5.32 Å². The number of rotatable bonds is 10. The van der Waals surface area contributed by atoms with Gasteiger partial charge in [-0.25, -0.2) is 4.39 Å². The van der Waals surface area contributed by atoms with Gasteiger partial charge < -0.3 is 15.5 Å². The van der Waals surface area contributed by atoms with Gasteiger partial charge in [-0.2, -0.15) is 0 Å². The molecule has 0 amide bonds. The summed E-state index contributed by atoms with van der Waals surface area (Å²) < 4.78 is 14.0. The van der Waals surface area contributed by atoms with Crippen LogP contribution in [-0.2, 0) is 4.79 Å². The number of carbonyl (C=O) groups is 1. The molecule has 0 aromatic rings. The molecule has 4 saturated carbocycles. The number of fused-ring (bicyclic) bond motifs is 7. The van der Waals surface area contributed by atoms with Crippen LogP contribution >= 0.6 is 0 Å². The van der Waals surface area contributed by atoms with Gasteiger partial charge in [-0.1, -0.05) is 72.8 Å². The summed E-state index contributed by atoms with van der Waals surface area (Å²) in [4.78, 5) is 12.0. The van der Waals surface area contributed by atoms with Crippen molar-refractivity contribution < 1.29 is 19.4 Å². The Kier molecular flexibility index (Phi) is 9.59. The van der Waals surface area contributed by atoms with E-state index in [4.69, 9.17) is 0 Å². The normalized spacial score (nSPS) is 44.5. The fourth-order valence-electron chi connectivity index (χ4n) is 14.3. The molecule has 0 aliphatic heterocycles. The van der Waals surface area contributed by atoms with Crippen molar-refractivity contribution in [2.75, 3.05) is 13.2 Å². The first-order valence-electron chi connectivity index (χ1n) is 20.2. The van der Waals surface area contributed by atoms with Crippen LogP contribution in [0.5, 0.6) is 0 Å². The zero-order valence-corrected chi connectivity index (χ0v) is 32.5. The molecule has 4 fully saturated rings. The molecule has 4 nitrogen and oxygen atoms in total. The number of alkyl halides is 1. The lowest BCUT2D eigenvalue weighted by Gasteiger charge is -2.72. The van der Waals surface area contributed by atoms with Crippen molar-refractivity contribution in [2.24, 2.45) is 56.7 Å². The number of allylic oxidation sites excluding steroid dienone is 5. The van der Waals surface area contributed by atoms with Gasteiger partial charge in [0.25, 0.3) is 0 Å². The van der Waals surface area contributed by atoms with Crippen LogP contribution in [0.25, 0.3) is 0 Å². The van der Waals surface area contributed by atoms with Gasteiger partial charge >= 0.3 is 5.97 Å². The molecule has 0 spiro atoms. The first-order chi connectivity index (χ1) is 22.9. The van der Waals surface area contributed by atoms with E-state index < -0.39 is 23.7 Å². The molecule has 6 rings (SSSR count). The van der Waals surface area contributed by atoms with Gasteiger partial charge in [-0.15, -0.1) is 0 Å². The maximum atomic E-state index is 14.0. The number of nitrogens with one attached hydrogen (secondary N) is 1. The first-order valence-corrected chi connectivity index (χ1v) is 20.2. The number of aliphatic carboxylic acids is 1. The molecule has 0 radical (unpaired) electrons. The minimum absolute atomic E-state index is 0.00208. The quantitative estimate of drug-likeness (QED) is 0.201. The Morgan fingerprint density at radius 2 is 1.65 bits per heavy atom. The first kappa shape index (κ1) is 37.3. The Bertz CT molecular complexity index is 1380. The van der Waals surface area contributed by atoms with Crippen LogP contribution in [0.2, 0.25) is 0 Å². The van der Waals surface area contributed by atoms with Gasteiger partial charge in [0.05, 0.1) is 11.0 Å². The molecule has 0 saturated heterocycles. The highest BCUT2D eigenvalue weighted by molar-refractivity contribution is 5.75. The largest absolute Gasteiger partial charge is 0.481 e. The fraction of sp³-hybridized carbons (Fsp3) is 0.841. The smallest absolute Gasteiger partial charge is 0.312 e. The van der Waals surface area contributed by atoms with Crippen LogP contribution in [0.3, 0.4) is 0 Å². The second-order valence-corrected chi connectivity index (χ2v) is 19.6. The molecule has 6 aliphatic rings. The number of aliphatic hydroxyl groups is 1. The Morgan fingerprint density at radius 3 is 2.24 bits per heavy atom. The number of hydrogen-bond acceptors (Lipinski definition) is 3. The van der Waals surface area contributed by atoms with E-state index in [1.165, 1.54) is 68.1 Å². The average molecular weight is 680 g/mol. The second kappa shape index (κ2) is 12.6. The summed E-state index contributed by atoms with van der Waals surface area (Å²) in [6.07, 6.45) is 19.6. The van der Waals surface area contributed by atoms with Crippen LogP contribution in [0.15, 0.2) is 35.5 Å². The van der Waals surface area contributed by atoms with E-state index in [1.807, 2.05) is 0 Å². The van der Waals surface area contributed by atoms with E-state index in [1.54, 1.807) is 0 Å². The lowest BCUT2D eigenvalue weighted by atomic mass is 9.33. The third-order valence-corrected chi connectivity index (χ3v) is 17.7. The molecule has 49 heavy (non-hydrogen) atoms. The predicted molar refractivity (Wildman–Crippen MR) is 199 cm³/mol. The lowest BCUT2D eigenvalue weighted by molar-refractivity contribution is -0.221. The van der Waals surface area contributed by atoms with E-state index in [-0.39, 0.29) is 27.2 Å². The van der Waals surface area contributed by atoms with Crippen molar-refractivity contribution >= 4 is 5.97 Å². The molecule has 6 aliphatic carbocycles. The lowest BCUT2D eigenvalue weighted by Crippen LogP contribution is -2.68. The van der Waals surface area contributed by atoms with Gasteiger partial charge in [0.1, 0.15) is 6.67 Å². The summed E-state index contributed by atoms with van der Waals surface area (Å²) in [5.41, 5.74) is 3.16. The summed E-state index contributed by atoms with van der Waals surface area (Å²) in [6.45, 7) is 24.2. The summed E-state index contributed by atoms with van der Waals surface area (Å²) in [5, 5.41) is 25.1. The highest BCUT2D eigenvalue weighted by Gasteiger charge is 2.70. The fourth-order valence-corrected chi connectivity index (χ4v) is 14.3. The molecule has 0 aromatic carbocycles. The average Bonchev–Trinajstić information content (AvgIpc) is 3.45. The Morgan fingerprint density at radius 1 is 0.939 bits per heavy atom. The Labute approximate surface area is 298 Å². The number of carboxylic acids is 1. The minimum Gasteiger partial charge on any atom is -0.481 e. The summed E-state index contributed by atoms with van der Waals surface area (Å²) in [7, 11) is 0. The molecule has 0 aromatic heterocycles. The summed E-state index contributed by atoms with van der Waals surface area (Å²) in [5.74, 6) is 2.10. The van der Waals surface area contributed by atoms with Crippen molar-refractivity contribution in [1.29, 1.82) is 0 Å². The molecule has 0 heterocycles. The van der Waals surface area contributed by atoms with Gasteiger partial charge in [-0.05, 0) is 172 Å². The maximum Gasteiger partial charge on any atom is 0.312 e. The van der Waals surface area contributed by atoms with Crippen molar-refractivity contribution in [2.45, 2.75) is 163 Å². The summed E-state index contributed by atoms with van der Waals surface area (Å²) in [6, 6.07) is 0.